The Morgan fingerprint density at radius 1 is 1.20 bits per heavy atom. The smallest absolute Gasteiger partial charge is 0.224 e. The summed E-state index contributed by atoms with van der Waals surface area (Å²) in [6, 6.07) is 13.5. The fourth-order valence-corrected chi connectivity index (χ4v) is 6.07. The van der Waals surface area contributed by atoms with Gasteiger partial charge in [-0.05, 0) is 49.2 Å². The van der Waals surface area contributed by atoms with Crippen molar-refractivity contribution >= 4 is 27.3 Å². The molecule has 9 heteroatoms. The lowest BCUT2D eigenvalue weighted by molar-refractivity contribution is -0.126. The Balaban J connectivity index is 1.80. The summed E-state index contributed by atoms with van der Waals surface area (Å²) < 4.78 is 45.1. The zero-order chi connectivity index (χ0) is 21.7. The molecule has 0 spiro atoms. The Morgan fingerprint density at radius 3 is 2.57 bits per heavy atom. The van der Waals surface area contributed by atoms with Crippen molar-refractivity contribution in [2.45, 2.75) is 23.0 Å². The van der Waals surface area contributed by atoms with Crippen LogP contribution < -0.4 is 10.1 Å². The molecule has 1 fully saturated rings. The van der Waals surface area contributed by atoms with Gasteiger partial charge in [-0.1, -0.05) is 23.7 Å². The monoisotopic (exact) mass is 450 g/mol. The maximum absolute atomic E-state index is 13.1. The molecule has 1 N–H and O–H groups in total. The van der Waals surface area contributed by atoms with Crippen LogP contribution in [-0.4, -0.2) is 32.7 Å². The van der Waals surface area contributed by atoms with Gasteiger partial charge in [-0.25, -0.2) is 12.8 Å². The van der Waals surface area contributed by atoms with Crippen molar-refractivity contribution in [1.82, 2.24) is 5.32 Å². The summed E-state index contributed by atoms with van der Waals surface area (Å²) in [5, 5.41) is 10.6. The molecule has 0 aliphatic heterocycles. The summed E-state index contributed by atoms with van der Waals surface area (Å²) in [5.41, 5.74) is 0. The third-order valence-corrected chi connectivity index (χ3v) is 7.86. The largest absolute Gasteiger partial charge is 0.493 e. The number of nitrogens with zero attached hydrogens (tertiary/aromatic N) is 1. The lowest BCUT2D eigenvalue weighted by atomic mass is 9.96. The summed E-state index contributed by atoms with van der Waals surface area (Å²) in [7, 11) is -3.76. The van der Waals surface area contributed by atoms with Gasteiger partial charge in [0.1, 0.15) is 18.1 Å². The third-order valence-electron chi connectivity index (χ3n) is 5.19. The summed E-state index contributed by atoms with van der Waals surface area (Å²) in [4.78, 5) is 12.6. The highest BCUT2D eigenvalue weighted by molar-refractivity contribution is 7.92. The normalized spacial score (nSPS) is 21.0. The molecule has 1 saturated carbocycles. The van der Waals surface area contributed by atoms with Gasteiger partial charge < -0.3 is 10.1 Å². The fraction of sp³-hybridized carbons (Fsp3) is 0.333. The van der Waals surface area contributed by atoms with Crippen LogP contribution in [0, 0.1) is 29.0 Å². The Bertz CT molecular complexity index is 1050. The van der Waals surface area contributed by atoms with E-state index in [-0.39, 0.29) is 41.8 Å². The molecule has 2 aromatic rings. The van der Waals surface area contributed by atoms with Crippen LogP contribution in [0.3, 0.4) is 0 Å². The van der Waals surface area contributed by atoms with Crippen LogP contribution in [0.1, 0.15) is 12.8 Å². The predicted octanol–water partition coefficient (Wildman–Crippen LogP) is 3.37. The molecule has 1 amide bonds. The molecule has 3 atom stereocenters. The second kappa shape index (κ2) is 9.45. The van der Waals surface area contributed by atoms with Crippen LogP contribution in [0.2, 0.25) is 5.02 Å². The van der Waals surface area contributed by atoms with E-state index in [0.29, 0.717) is 5.75 Å². The Hall–Kier alpha value is -2.63. The minimum atomic E-state index is -3.76. The molecule has 3 unspecified atom stereocenters. The van der Waals surface area contributed by atoms with Crippen molar-refractivity contribution < 1.29 is 22.3 Å². The molecule has 0 saturated heterocycles. The number of carbonyl (C=O) groups excluding carboxylic acids is 1. The quantitative estimate of drug-likeness (QED) is 0.652. The molecule has 1 aliphatic carbocycles. The molecular formula is C21H20ClFN2O4S. The number of rotatable bonds is 7. The van der Waals surface area contributed by atoms with Crippen molar-refractivity contribution in [3.05, 3.63) is 59.4 Å². The van der Waals surface area contributed by atoms with Crippen LogP contribution in [0.4, 0.5) is 4.39 Å². The topological polar surface area (TPSA) is 96.3 Å². The second-order valence-corrected chi connectivity index (χ2v) is 9.68. The van der Waals surface area contributed by atoms with E-state index in [9.17, 15) is 17.6 Å². The number of amides is 1. The highest BCUT2D eigenvalue weighted by atomic mass is 35.5. The zero-order valence-electron chi connectivity index (χ0n) is 15.9. The summed E-state index contributed by atoms with van der Waals surface area (Å²) >= 11 is 6.10. The standard InChI is InChI=1S/C21H20ClFN2O4S/c22-19-3-1-2-4-20(19)30(27,28)17-11-14(18(12-17)21(26)25-10-9-24)13-29-16-7-5-15(23)6-8-16/h1-8,14,17-18H,10-13H2,(H,25,26). The van der Waals surface area contributed by atoms with Gasteiger partial charge >= 0.3 is 0 Å². The van der Waals surface area contributed by atoms with Gasteiger partial charge in [0, 0.05) is 11.8 Å². The average Bonchev–Trinajstić information content (AvgIpc) is 3.17. The first-order valence-corrected chi connectivity index (χ1v) is 11.3. The van der Waals surface area contributed by atoms with Crippen LogP contribution >= 0.6 is 11.6 Å². The SMILES string of the molecule is N#CCNC(=O)C1CC(S(=O)(=O)c2ccccc2Cl)CC1COc1ccc(F)cc1. The number of nitriles is 1. The molecule has 30 heavy (non-hydrogen) atoms. The maximum atomic E-state index is 13.1. The first kappa shape index (κ1) is 22.1. The lowest BCUT2D eigenvalue weighted by Gasteiger charge is -2.18. The molecule has 6 nitrogen and oxygen atoms in total. The summed E-state index contributed by atoms with van der Waals surface area (Å²) in [6.45, 7) is -0.0758. The third kappa shape index (κ3) is 4.91. The van der Waals surface area contributed by atoms with E-state index in [0.717, 1.165) is 0 Å². The van der Waals surface area contributed by atoms with Crippen LogP contribution in [0.25, 0.3) is 0 Å². The van der Waals surface area contributed by atoms with Crippen molar-refractivity contribution in [3.8, 4) is 11.8 Å². The van der Waals surface area contributed by atoms with Gasteiger partial charge in [-0.2, -0.15) is 5.26 Å². The second-order valence-electron chi connectivity index (χ2n) is 7.08. The van der Waals surface area contributed by atoms with E-state index in [4.69, 9.17) is 21.6 Å². The zero-order valence-corrected chi connectivity index (χ0v) is 17.5. The van der Waals surface area contributed by atoms with Gasteiger partial charge in [0.15, 0.2) is 9.84 Å². The number of sulfone groups is 1. The van der Waals surface area contributed by atoms with Gasteiger partial charge in [0.25, 0.3) is 0 Å². The van der Waals surface area contributed by atoms with E-state index < -0.39 is 32.7 Å². The molecule has 1 aliphatic rings. The number of ether oxygens (including phenoxy) is 1. The molecule has 0 aromatic heterocycles. The van der Waals surface area contributed by atoms with Crippen molar-refractivity contribution in [2.75, 3.05) is 13.2 Å². The number of benzene rings is 2. The minimum absolute atomic E-state index is 0.0351. The van der Waals surface area contributed by atoms with Crippen molar-refractivity contribution in [1.29, 1.82) is 5.26 Å². The number of carbonyl (C=O) groups is 1. The Labute approximate surface area is 179 Å². The number of hydrogen-bond donors (Lipinski definition) is 1. The first-order valence-electron chi connectivity index (χ1n) is 9.34. The van der Waals surface area contributed by atoms with Gasteiger partial charge in [-0.3, -0.25) is 4.79 Å². The van der Waals surface area contributed by atoms with E-state index >= 15 is 0 Å². The van der Waals surface area contributed by atoms with E-state index in [2.05, 4.69) is 5.32 Å². The first-order chi connectivity index (χ1) is 14.3. The number of nitrogens with one attached hydrogen (secondary N) is 1. The van der Waals surface area contributed by atoms with Crippen LogP contribution in [0.5, 0.6) is 5.75 Å². The molecule has 0 heterocycles. The molecular weight excluding hydrogens is 431 g/mol. The number of halogens is 2. The highest BCUT2D eigenvalue weighted by Crippen LogP contribution is 2.40. The van der Waals surface area contributed by atoms with Crippen LogP contribution in [-0.2, 0) is 14.6 Å². The Morgan fingerprint density at radius 2 is 1.90 bits per heavy atom. The molecule has 0 bridgehead atoms. The molecule has 0 radical (unpaired) electrons. The maximum Gasteiger partial charge on any atom is 0.224 e. The van der Waals surface area contributed by atoms with Crippen LogP contribution in [0.15, 0.2) is 53.4 Å². The molecule has 3 rings (SSSR count). The lowest BCUT2D eigenvalue weighted by Crippen LogP contribution is -2.34. The molecule has 2 aromatic carbocycles. The van der Waals surface area contributed by atoms with E-state index in [1.807, 2.05) is 6.07 Å². The van der Waals surface area contributed by atoms with Gasteiger partial charge in [-0.15, -0.1) is 0 Å². The summed E-state index contributed by atoms with van der Waals surface area (Å²) in [5.74, 6) is -1.40. The van der Waals surface area contributed by atoms with Gasteiger partial charge in [0.05, 0.1) is 27.8 Å². The van der Waals surface area contributed by atoms with Crippen molar-refractivity contribution in [2.24, 2.45) is 11.8 Å². The number of hydrogen-bond acceptors (Lipinski definition) is 5. The highest BCUT2D eigenvalue weighted by Gasteiger charge is 2.45. The predicted molar refractivity (Wildman–Crippen MR) is 109 cm³/mol. The Kier molecular flexibility index (Phi) is 6.95. The minimum Gasteiger partial charge on any atom is -0.493 e. The average molecular weight is 451 g/mol. The fourth-order valence-electron chi connectivity index (χ4n) is 3.68. The molecule has 158 valence electrons. The van der Waals surface area contributed by atoms with Crippen molar-refractivity contribution in [3.63, 3.8) is 0 Å². The van der Waals surface area contributed by atoms with E-state index in [1.165, 1.54) is 36.4 Å². The van der Waals surface area contributed by atoms with E-state index in [1.54, 1.807) is 12.1 Å². The van der Waals surface area contributed by atoms with Gasteiger partial charge in [0.2, 0.25) is 5.91 Å². The summed E-state index contributed by atoms with van der Waals surface area (Å²) in [6.07, 6.45) is 0.307.